The molecule has 144 valence electrons. The number of hydrogen-bond donors (Lipinski definition) is 1. The summed E-state index contributed by atoms with van der Waals surface area (Å²) in [6, 6.07) is 15.1. The van der Waals surface area contributed by atoms with Crippen molar-refractivity contribution in [3.05, 3.63) is 95.7 Å². The number of hydrogen-bond acceptors (Lipinski definition) is 4. The lowest BCUT2D eigenvalue weighted by Crippen LogP contribution is -2.22. The van der Waals surface area contributed by atoms with E-state index in [9.17, 15) is 9.18 Å². The lowest BCUT2D eigenvalue weighted by Gasteiger charge is -2.11. The summed E-state index contributed by atoms with van der Waals surface area (Å²) in [5.41, 5.74) is 3.06. The Kier molecular flexibility index (Phi) is 5.16. The van der Waals surface area contributed by atoms with E-state index in [-0.39, 0.29) is 11.7 Å². The molecule has 0 unspecified atom stereocenters. The molecule has 0 aliphatic rings. The van der Waals surface area contributed by atoms with Crippen LogP contribution in [0.5, 0.6) is 11.5 Å². The predicted molar refractivity (Wildman–Crippen MR) is 108 cm³/mol. The second-order valence-corrected chi connectivity index (χ2v) is 6.62. The van der Waals surface area contributed by atoms with E-state index in [0.717, 1.165) is 22.0 Å². The largest absolute Gasteiger partial charge is 0.453 e. The Morgan fingerprint density at radius 1 is 1.00 bits per heavy atom. The first-order chi connectivity index (χ1) is 14.1. The average molecular weight is 387 g/mol. The molecule has 29 heavy (non-hydrogen) atoms. The molecule has 4 rings (SSSR count). The maximum Gasteiger partial charge on any atom is 0.251 e. The Labute approximate surface area is 167 Å². The van der Waals surface area contributed by atoms with Crippen molar-refractivity contribution in [3.63, 3.8) is 0 Å². The molecule has 5 nitrogen and oxygen atoms in total. The summed E-state index contributed by atoms with van der Waals surface area (Å²) in [5, 5.41) is 3.58. The average Bonchev–Trinajstić information content (AvgIpc) is 2.74. The number of amides is 1. The molecule has 6 heteroatoms. The standard InChI is InChI=1S/C23H18FN3O2/c1-15-2-4-18-20(12-15)26-11-8-21(18)29-22-13-17(3-5-19(22)24)23(28)27-14-16-6-9-25-10-7-16/h2-13H,14H2,1H3,(H,27,28). The Bertz CT molecular complexity index is 1180. The molecule has 0 bridgehead atoms. The molecule has 0 radical (unpaired) electrons. The highest BCUT2D eigenvalue weighted by Crippen LogP contribution is 2.31. The predicted octanol–water partition coefficient (Wildman–Crippen LogP) is 4.80. The lowest BCUT2D eigenvalue weighted by molar-refractivity contribution is 0.0950. The van der Waals surface area contributed by atoms with E-state index in [1.54, 1.807) is 24.7 Å². The van der Waals surface area contributed by atoms with Gasteiger partial charge in [-0.25, -0.2) is 4.39 Å². The zero-order chi connectivity index (χ0) is 20.2. The van der Waals surface area contributed by atoms with Gasteiger partial charge in [-0.2, -0.15) is 0 Å². The highest BCUT2D eigenvalue weighted by atomic mass is 19.1. The fourth-order valence-electron chi connectivity index (χ4n) is 2.95. The van der Waals surface area contributed by atoms with Crippen molar-refractivity contribution in [2.24, 2.45) is 0 Å². The first-order valence-electron chi connectivity index (χ1n) is 9.10. The minimum atomic E-state index is -0.548. The molecule has 1 amide bonds. The monoisotopic (exact) mass is 387 g/mol. The Morgan fingerprint density at radius 3 is 2.66 bits per heavy atom. The van der Waals surface area contributed by atoms with Gasteiger partial charge in [0.2, 0.25) is 0 Å². The van der Waals surface area contributed by atoms with Gasteiger partial charge in [0.15, 0.2) is 11.6 Å². The molecule has 0 aliphatic carbocycles. The number of carbonyl (C=O) groups excluding carboxylic acids is 1. The number of pyridine rings is 2. The summed E-state index contributed by atoms with van der Waals surface area (Å²) in [6.07, 6.45) is 4.93. The van der Waals surface area contributed by atoms with Gasteiger partial charge in [-0.3, -0.25) is 14.8 Å². The number of nitrogens with zero attached hydrogens (tertiary/aromatic N) is 2. The topological polar surface area (TPSA) is 64.1 Å². The van der Waals surface area contributed by atoms with Gasteiger partial charge in [-0.15, -0.1) is 0 Å². The van der Waals surface area contributed by atoms with Crippen LogP contribution in [-0.4, -0.2) is 15.9 Å². The second-order valence-electron chi connectivity index (χ2n) is 6.62. The van der Waals surface area contributed by atoms with E-state index in [4.69, 9.17) is 4.74 Å². The van der Waals surface area contributed by atoms with Crippen LogP contribution >= 0.6 is 0 Å². The molecule has 0 aliphatic heterocycles. The van der Waals surface area contributed by atoms with Crippen molar-refractivity contribution >= 4 is 16.8 Å². The summed E-state index contributed by atoms with van der Waals surface area (Å²) in [7, 11) is 0. The fraction of sp³-hybridized carbons (Fsp3) is 0.0870. The normalized spacial score (nSPS) is 10.7. The molecule has 2 aromatic carbocycles. The van der Waals surface area contributed by atoms with Crippen LogP contribution in [-0.2, 0) is 6.54 Å². The third kappa shape index (κ3) is 4.21. The maximum absolute atomic E-state index is 14.4. The van der Waals surface area contributed by atoms with E-state index in [1.807, 2.05) is 37.3 Å². The molecule has 4 aromatic rings. The zero-order valence-electron chi connectivity index (χ0n) is 15.7. The van der Waals surface area contributed by atoms with E-state index in [2.05, 4.69) is 15.3 Å². The summed E-state index contributed by atoms with van der Waals surface area (Å²) in [4.78, 5) is 20.7. The van der Waals surface area contributed by atoms with Crippen molar-refractivity contribution in [2.45, 2.75) is 13.5 Å². The number of fused-ring (bicyclic) bond motifs is 1. The van der Waals surface area contributed by atoms with Gasteiger partial charge in [0.05, 0.1) is 5.52 Å². The van der Waals surface area contributed by atoms with Crippen LogP contribution < -0.4 is 10.1 Å². The highest BCUT2D eigenvalue weighted by Gasteiger charge is 2.13. The Morgan fingerprint density at radius 2 is 1.83 bits per heavy atom. The number of rotatable bonds is 5. The van der Waals surface area contributed by atoms with Crippen LogP contribution in [0.2, 0.25) is 0 Å². The first kappa shape index (κ1) is 18.6. The zero-order valence-corrected chi connectivity index (χ0v) is 15.7. The van der Waals surface area contributed by atoms with E-state index < -0.39 is 5.82 Å². The molecule has 0 saturated heterocycles. The van der Waals surface area contributed by atoms with Gasteiger partial charge in [0.25, 0.3) is 5.91 Å². The molecule has 1 N–H and O–H groups in total. The van der Waals surface area contributed by atoms with Crippen LogP contribution in [0.1, 0.15) is 21.5 Å². The molecule has 0 atom stereocenters. The molecule has 0 spiro atoms. The lowest BCUT2D eigenvalue weighted by atomic mass is 10.1. The number of halogens is 1. The van der Waals surface area contributed by atoms with Gasteiger partial charge in [-0.05, 0) is 66.6 Å². The van der Waals surface area contributed by atoms with E-state index >= 15 is 0 Å². The third-order valence-corrected chi connectivity index (χ3v) is 4.47. The van der Waals surface area contributed by atoms with Gasteiger partial charge >= 0.3 is 0 Å². The molecule has 0 fully saturated rings. The molecule has 0 saturated carbocycles. The smallest absolute Gasteiger partial charge is 0.251 e. The van der Waals surface area contributed by atoms with Crippen molar-refractivity contribution in [1.29, 1.82) is 0 Å². The van der Waals surface area contributed by atoms with E-state index in [0.29, 0.717) is 17.9 Å². The maximum atomic E-state index is 14.4. The van der Waals surface area contributed by atoms with Crippen molar-refractivity contribution in [3.8, 4) is 11.5 Å². The minimum Gasteiger partial charge on any atom is -0.453 e. The van der Waals surface area contributed by atoms with E-state index in [1.165, 1.54) is 18.2 Å². The van der Waals surface area contributed by atoms with Crippen LogP contribution in [0.4, 0.5) is 4.39 Å². The van der Waals surface area contributed by atoms with Crippen LogP contribution in [0.25, 0.3) is 10.9 Å². The number of benzene rings is 2. The van der Waals surface area contributed by atoms with Gasteiger partial charge in [-0.1, -0.05) is 6.07 Å². The molecular formula is C23H18FN3O2. The SMILES string of the molecule is Cc1ccc2c(Oc3cc(C(=O)NCc4ccncc4)ccc3F)ccnc2c1. The van der Waals surface area contributed by atoms with Gasteiger partial charge < -0.3 is 10.1 Å². The summed E-state index contributed by atoms with van der Waals surface area (Å²) in [5.74, 6) is -0.410. The van der Waals surface area contributed by atoms with Gasteiger partial charge in [0.1, 0.15) is 5.75 Å². The number of carbonyl (C=O) groups is 1. The summed E-state index contributed by atoms with van der Waals surface area (Å²) < 4.78 is 20.2. The minimum absolute atomic E-state index is 0.0189. The molecular weight excluding hydrogens is 369 g/mol. The molecule has 2 heterocycles. The second kappa shape index (κ2) is 8.06. The van der Waals surface area contributed by atoms with Crippen molar-refractivity contribution in [1.82, 2.24) is 15.3 Å². The van der Waals surface area contributed by atoms with Gasteiger partial charge in [0, 0.05) is 36.1 Å². The van der Waals surface area contributed by atoms with Crippen LogP contribution in [0.15, 0.2) is 73.2 Å². The van der Waals surface area contributed by atoms with Crippen LogP contribution in [0.3, 0.4) is 0 Å². The molecule has 2 aromatic heterocycles. The van der Waals surface area contributed by atoms with Crippen LogP contribution in [0, 0.1) is 12.7 Å². The number of aryl methyl sites for hydroxylation is 1. The Balaban J connectivity index is 1.57. The fourth-order valence-corrected chi connectivity index (χ4v) is 2.95. The Hall–Kier alpha value is -3.80. The number of ether oxygens (including phenoxy) is 1. The summed E-state index contributed by atoms with van der Waals surface area (Å²) in [6.45, 7) is 2.33. The first-order valence-corrected chi connectivity index (χ1v) is 9.10. The quantitative estimate of drug-likeness (QED) is 0.534. The van der Waals surface area contributed by atoms with Crippen molar-refractivity contribution in [2.75, 3.05) is 0 Å². The third-order valence-electron chi connectivity index (χ3n) is 4.47. The summed E-state index contributed by atoms with van der Waals surface area (Å²) >= 11 is 0. The number of aromatic nitrogens is 2. The van der Waals surface area contributed by atoms with Crippen molar-refractivity contribution < 1.29 is 13.9 Å². The highest BCUT2D eigenvalue weighted by molar-refractivity contribution is 5.94. The number of nitrogens with one attached hydrogen (secondary N) is 1.